The summed E-state index contributed by atoms with van der Waals surface area (Å²) in [5.74, 6) is 8.01. The van der Waals surface area contributed by atoms with Gasteiger partial charge < -0.3 is 10.7 Å². The first-order valence-corrected chi connectivity index (χ1v) is 9.91. The first kappa shape index (κ1) is 17.3. The molecule has 1 amide bonds. The predicted octanol–water partition coefficient (Wildman–Crippen LogP) is 2.71. The highest BCUT2D eigenvalue weighted by Gasteiger charge is 2.29. The molecule has 8 heteroatoms. The van der Waals surface area contributed by atoms with Crippen molar-refractivity contribution in [2.24, 2.45) is 11.8 Å². The maximum Gasteiger partial charge on any atom is 0.235 e. The number of nitrogens with zero attached hydrogens (tertiary/aromatic N) is 4. The van der Waals surface area contributed by atoms with Gasteiger partial charge in [0.15, 0.2) is 5.82 Å². The van der Waals surface area contributed by atoms with E-state index in [0.29, 0.717) is 22.8 Å². The molecule has 6 nitrogen and oxygen atoms in total. The molecular weight excluding hydrogens is 342 g/mol. The number of thioether (sulfide) groups is 1. The van der Waals surface area contributed by atoms with Crippen molar-refractivity contribution >= 4 is 29.0 Å². The molecule has 0 spiro atoms. The van der Waals surface area contributed by atoms with Crippen molar-refractivity contribution < 1.29 is 4.79 Å². The summed E-state index contributed by atoms with van der Waals surface area (Å²) in [7, 11) is 0. The van der Waals surface area contributed by atoms with Crippen LogP contribution in [0.15, 0.2) is 22.7 Å². The van der Waals surface area contributed by atoms with Gasteiger partial charge in [0.25, 0.3) is 0 Å². The van der Waals surface area contributed by atoms with Gasteiger partial charge in [-0.1, -0.05) is 31.7 Å². The molecule has 3 heterocycles. The Kier molecular flexibility index (Phi) is 5.15. The molecule has 0 radical (unpaired) electrons. The Morgan fingerprint density at radius 2 is 2.08 bits per heavy atom. The second-order valence-electron chi connectivity index (χ2n) is 6.60. The van der Waals surface area contributed by atoms with Crippen molar-refractivity contribution in [2.45, 2.75) is 37.6 Å². The van der Waals surface area contributed by atoms with Gasteiger partial charge in [0.05, 0.1) is 10.1 Å². The van der Waals surface area contributed by atoms with E-state index in [9.17, 15) is 4.79 Å². The van der Waals surface area contributed by atoms with E-state index in [1.807, 2.05) is 29.3 Å². The molecule has 3 atom stereocenters. The number of nitrogens with two attached hydrogens (primary N) is 1. The minimum Gasteiger partial charge on any atom is -0.341 e. The monoisotopic (exact) mass is 365 g/mol. The number of likely N-dealkylation sites (tertiary alicyclic amines) is 1. The third kappa shape index (κ3) is 3.59. The Labute approximate surface area is 150 Å². The predicted molar refractivity (Wildman–Crippen MR) is 98.3 cm³/mol. The molecule has 0 bridgehead atoms. The molecule has 2 aromatic heterocycles. The Morgan fingerprint density at radius 3 is 2.71 bits per heavy atom. The van der Waals surface area contributed by atoms with Gasteiger partial charge in [-0.05, 0) is 36.6 Å². The van der Waals surface area contributed by atoms with Crippen molar-refractivity contribution in [2.75, 3.05) is 18.9 Å². The molecule has 0 aliphatic carbocycles. The van der Waals surface area contributed by atoms with Gasteiger partial charge in [0, 0.05) is 13.1 Å². The standard InChI is InChI=1S/C16H23N5OS2/c1-10-7-11(2)9-20(8-10)15(22)12(3)24-16-19-18-14(21(16)17)13-5-4-6-23-13/h4-6,10-12H,7-9,17H2,1-3H3. The lowest BCUT2D eigenvalue weighted by molar-refractivity contribution is -0.132. The number of thiophene rings is 1. The lowest BCUT2D eigenvalue weighted by Gasteiger charge is -2.36. The number of amides is 1. The lowest BCUT2D eigenvalue weighted by atomic mass is 9.92. The van der Waals surface area contributed by atoms with Gasteiger partial charge in [0.2, 0.25) is 11.1 Å². The minimum absolute atomic E-state index is 0.152. The molecule has 1 aliphatic rings. The second kappa shape index (κ2) is 7.14. The molecule has 130 valence electrons. The van der Waals surface area contributed by atoms with Gasteiger partial charge in [-0.3, -0.25) is 4.79 Å². The van der Waals surface area contributed by atoms with Crippen LogP contribution in [0.25, 0.3) is 10.7 Å². The molecule has 3 rings (SSSR count). The van der Waals surface area contributed by atoms with E-state index in [1.54, 1.807) is 11.3 Å². The van der Waals surface area contributed by atoms with E-state index in [0.717, 1.165) is 18.0 Å². The molecule has 1 aliphatic heterocycles. The van der Waals surface area contributed by atoms with Crippen LogP contribution >= 0.6 is 23.1 Å². The van der Waals surface area contributed by atoms with E-state index in [1.165, 1.54) is 22.9 Å². The molecular formula is C16H23N5OS2. The fraction of sp³-hybridized carbons (Fsp3) is 0.562. The first-order chi connectivity index (χ1) is 11.5. The Bertz CT molecular complexity index is 689. The summed E-state index contributed by atoms with van der Waals surface area (Å²) in [5, 5.41) is 10.6. The minimum atomic E-state index is -0.231. The molecule has 0 aromatic carbocycles. The van der Waals surface area contributed by atoms with E-state index in [2.05, 4.69) is 24.0 Å². The van der Waals surface area contributed by atoms with Crippen LogP contribution in [0.3, 0.4) is 0 Å². The molecule has 1 fully saturated rings. The van der Waals surface area contributed by atoms with Crippen LogP contribution in [0, 0.1) is 11.8 Å². The zero-order chi connectivity index (χ0) is 17.3. The Hall–Kier alpha value is -1.54. The number of aromatic nitrogens is 3. The van der Waals surface area contributed by atoms with Gasteiger partial charge in [-0.15, -0.1) is 21.5 Å². The van der Waals surface area contributed by atoms with E-state index in [4.69, 9.17) is 5.84 Å². The number of carbonyl (C=O) groups is 1. The van der Waals surface area contributed by atoms with Crippen molar-refractivity contribution in [1.29, 1.82) is 0 Å². The maximum atomic E-state index is 12.7. The topological polar surface area (TPSA) is 77.0 Å². The highest BCUT2D eigenvalue weighted by atomic mass is 32.2. The van der Waals surface area contributed by atoms with Gasteiger partial charge in [-0.25, -0.2) is 4.68 Å². The third-order valence-corrected chi connectivity index (χ3v) is 6.13. The molecule has 2 aromatic rings. The molecule has 2 N–H and O–H groups in total. The summed E-state index contributed by atoms with van der Waals surface area (Å²) < 4.78 is 1.47. The summed E-state index contributed by atoms with van der Waals surface area (Å²) in [5.41, 5.74) is 0. The average molecular weight is 366 g/mol. The zero-order valence-electron chi connectivity index (χ0n) is 14.2. The summed E-state index contributed by atoms with van der Waals surface area (Å²) in [4.78, 5) is 15.7. The summed E-state index contributed by atoms with van der Waals surface area (Å²) in [6.45, 7) is 8.00. The largest absolute Gasteiger partial charge is 0.341 e. The van der Waals surface area contributed by atoms with Crippen LogP contribution in [0.4, 0.5) is 0 Å². The molecule has 1 saturated heterocycles. The van der Waals surface area contributed by atoms with Gasteiger partial charge in [0.1, 0.15) is 0 Å². The normalized spacial score (nSPS) is 22.5. The number of hydrogen-bond donors (Lipinski definition) is 1. The first-order valence-electron chi connectivity index (χ1n) is 8.15. The lowest BCUT2D eigenvalue weighted by Crippen LogP contribution is -2.45. The van der Waals surface area contributed by atoms with Crippen LogP contribution in [-0.2, 0) is 4.79 Å². The molecule has 3 unspecified atom stereocenters. The Morgan fingerprint density at radius 1 is 1.38 bits per heavy atom. The second-order valence-corrected chi connectivity index (χ2v) is 8.86. The van der Waals surface area contributed by atoms with Crippen LogP contribution in [0.2, 0.25) is 0 Å². The quantitative estimate of drug-likeness (QED) is 0.666. The van der Waals surface area contributed by atoms with Crippen LogP contribution < -0.4 is 5.84 Å². The summed E-state index contributed by atoms with van der Waals surface area (Å²) in [6.07, 6.45) is 1.19. The smallest absolute Gasteiger partial charge is 0.235 e. The highest BCUT2D eigenvalue weighted by Crippen LogP contribution is 2.29. The fourth-order valence-corrected chi connectivity index (χ4v) is 4.80. The van der Waals surface area contributed by atoms with Crippen molar-refractivity contribution in [3.63, 3.8) is 0 Å². The molecule has 0 saturated carbocycles. The SMILES string of the molecule is CC1CC(C)CN(C(=O)C(C)Sc2nnc(-c3cccs3)n2N)C1. The number of nitrogen functional groups attached to an aromatic ring is 1. The van der Waals surface area contributed by atoms with E-state index < -0.39 is 0 Å². The number of rotatable bonds is 4. The number of piperidine rings is 1. The average Bonchev–Trinajstić information content (AvgIpc) is 3.16. The fourth-order valence-electron chi connectivity index (χ4n) is 3.24. The van der Waals surface area contributed by atoms with Crippen LogP contribution in [0.1, 0.15) is 27.2 Å². The van der Waals surface area contributed by atoms with Crippen LogP contribution in [-0.4, -0.2) is 44.0 Å². The van der Waals surface area contributed by atoms with E-state index >= 15 is 0 Å². The van der Waals surface area contributed by atoms with Crippen molar-refractivity contribution in [1.82, 2.24) is 19.8 Å². The maximum absolute atomic E-state index is 12.7. The van der Waals surface area contributed by atoms with Crippen molar-refractivity contribution in [3.8, 4) is 10.7 Å². The zero-order valence-corrected chi connectivity index (χ0v) is 15.8. The van der Waals surface area contributed by atoms with E-state index in [-0.39, 0.29) is 11.2 Å². The third-order valence-electron chi connectivity index (χ3n) is 4.22. The highest BCUT2D eigenvalue weighted by molar-refractivity contribution is 8.00. The summed E-state index contributed by atoms with van der Waals surface area (Å²) >= 11 is 2.93. The van der Waals surface area contributed by atoms with Gasteiger partial charge in [-0.2, -0.15) is 0 Å². The van der Waals surface area contributed by atoms with Crippen LogP contribution in [0.5, 0.6) is 0 Å². The Balaban J connectivity index is 1.68. The number of hydrogen-bond acceptors (Lipinski definition) is 6. The number of carbonyl (C=O) groups excluding carboxylic acids is 1. The van der Waals surface area contributed by atoms with Gasteiger partial charge >= 0.3 is 0 Å². The van der Waals surface area contributed by atoms with Crippen molar-refractivity contribution in [3.05, 3.63) is 17.5 Å². The molecule has 24 heavy (non-hydrogen) atoms. The summed E-state index contributed by atoms with van der Waals surface area (Å²) in [6, 6.07) is 3.91.